The summed E-state index contributed by atoms with van der Waals surface area (Å²) in [6.45, 7) is 0. The van der Waals surface area contributed by atoms with Crippen LogP contribution in [0.5, 0.6) is 0 Å². The Morgan fingerprint density at radius 3 is 1.66 bits per heavy atom. The lowest BCUT2D eigenvalue weighted by atomic mass is 9.67. The van der Waals surface area contributed by atoms with Gasteiger partial charge in [-0.15, -0.1) is 0 Å². The number of para-hydroxylation sites is 2. The molecule has 10 aromatic carbocycles. The van der Waals surface area contributed by atoms with Crippen LogP contribution in [0.3, 0.4) is 0 Å². The number of nitrogens with zero attached hydrogens (tertiary/aromatic N) is 1. The molecule has 306 valence electrons. The number of benzene rings is 10. The molecule has 0 bridgehead atoms. The van der Waals surface area contributed by atoms with Crippen molar-refractivity contribution in [2.24, 2.45) is 0 Å². The molecule has 1 nitrogen and oxygen atoms in total. The molecule has 10 aromatic rings. The van der Waals surface area contributed by atoms with Gasteiger partial charge in [0.15, 0.2) is 0 Å². The summed E-state index contributed by atoms with van der Waals surface area (Å²) in [6.07, 6.45) is 6.46. The molecule has 0 amide bonds. The lowest BCUT2D eigenvalue weighted by molar-refractivity contribution is 0.445. The molecule has 12 rings (SSSR count). The van der Waals surface area contributed by atoms with Crippen LogP contribution in [-0.2, 0) is 5.41 Å². The monoisotopic (exact) mass is 819 g/mol. The minimum absolute atomic E-state index is 0.494. The number of hydrogen-bond donors (Lipinski definition) is 0. The minimum Gasteiger partial charge on any atom is -0.309 e. The third-order valence-corrected chi connectivity index (χ3v) is 14.3. The van der Waals surface area contributed by atoms with Gasteiger partial charge in [-0.25, -0.2) is 0 Å². The summed E-state index contributed by atoms with van der Waals surface area (Å²) < 4.78 is 0. The fraction of sp³-hybridized carbons (Fsp3) is 0.111. The van der Waals surface area contributed by atoms with Gasteiger partial charge in [-0.2, -0.15) is 0 Å². The first-order chi connectivity index (χ1) is 31.8. The van der Waals surface area contributed by atoms with E-state index >= 15 is 0 Å². The predicted octanol–water partition coefficient (Wildman–Crippen LogP) is 17.2. The second-order valence-corrected chi connectivity index (χ2v) is 17.7. The molecule has 0 unspecified atom stereocenters. The van der Waals surface area contributed by atoms with Gasteiger partial charge < -0.3 is 4.90 Å². The zero-order valence-corrected chi connectivity index (χ0v) is 36.0. The number of rotatable bonds is 8. The predicted molar refractivity (Wildman–Crippen MR) is 270 cm³/mol. The van der Waals surface area contributed by atoms with E-state index in [0.29, 0.717) is 5.92 Å². The Morgan fingerprint density at radius 1 is 0.359 bits per heavy atom. The Balaban J connectivity index is 1.11. The van der Waals surface area contributed by atoms with Crippen LogP contribution in [-0.4, -0.2) is 0 Å². The van der Waals surface area contributed by atoms with E-state index in [1.165, 1.54) is 115 Å². The summed E-state index contributed by atoms with van der Waals surface area (Å²) >= 11 is 0. The van der Waals surface area contributed by atoms with E-state index in [4.69, 9.17) is 0 Å². The van der Waals surface area contributed by atoms with Gasteiger partial charge in [0.2, 0.25) is 0 Å². The van der Waals surface area contributed by atoms with E-state index in [-0.39, 0.29) is 0 Å². The van der Waals surface area contributed by atoms with Crippen molar-refractivity contribution < 1.29 is 0 Å². The molecule has 0 N–H and O–H groups in total. The Kier molecular flexibility index (Phi) is 9.56. The molecule has 1 fully saturated rings. The lowest BCUT2D eigenvalue weighted by Crippen LogP contribution is -2.28. The highest BCUT2D eigenvalue weighted by Gasteiger charge is 2.46. The quantitative estimate of drug-likeness (QED) is 0.148. The molecule has 2 aliphatic carbocycles. The van der Waals surface area contributed by atoms with E-state index in [0.717, 1.165) is 17.1 Å². The molecular weight excluding hydrogens is 771 g/mol. The van der Waals surface area contributed by atoms with E-state index in [1.807, 2.05) is 0 Å². The summed E-state index contributed by atoms with van der Waals surface area (Å²) in [5, 5.41) is 5.14. The molecule has 0 saturated heterocycles. The van der Waals surface area contributed by atoms with Gasteiger partial charge >= 0.3 is 0 Å². The molecule has 0 spiro atoms. The summed E-state index contributed by atoms with van der Waals surface area (Å²) in [5.41, 5.74) is 17.1. The Bertz CT molecular complexity index is 3270. The van der Waals surface area contributed by atoms with Crippen molar-refractivity contribution in [2.75, 3.05) is 4.90 Å². The third-order valence-electron chi connectivity index (χ3n) is 14.3. The van der Waals surface area contributed by atoms with Gasteiger partial charge in [-0.1, -0.05) is 226 Å². The van der Waals surface area contributed by atoms with Crippen molar-refractivity contribution in [2.45, 2.75) is 43.4 Å². The SMILES string of the molecule is c1ccc(C2(c3ccccc3)c3ccccc3-c3ccc(-c4ccccc4N(c4ccccc4-c4cccc5cccc(C6CCCCC6)c45)c4cccc5ccccc45)cc32)cc1. The first-order valence-electron chi connectivity index (χ1n) is 23.1. The molecule has 0 heterocycles. The molecule has 2 aliphatic rings. The second kappa shape index (κ2) is 16.0. The summed E-state index contributed by atoms with van der Waals surface area (Å²) in [4.78, 5) is 2.55. The molecular formula is C63H49N. The van der Waals surface area contributed by atoms with Crippen molar-refractivity contribution in [3.8, 4) is 33.4 Å². The highest BCUT2D eigenvalue weighted by atomic mass is 15.1. The van der Waals surface area contributed by atoms with Crippen LogP contribution in [0.25, 0.3) is 54.9 Å². The summed E-state index contributed by atoms with van der Waals surface area (Å²) in [5.74, 6) is 0.575. The van der Waals surface area contributed by atoms with Gasteiger partial charge in [0.25, 0.3) is 0 Å². The topological polar surface area (TPSA) is 3.24 Å². The highest BCUT2D eigenvalue weighted by molar-refractivity contribution is 6.07. The van der Waals surface area contributed by atoms with Gasteiger partial charge in [-0.05, 0) is 109 Å². The average Bonchev–Trinajstić information content (AvgIpc) is 3.67. The molecule has 0 aromatic heterocycles. The fourth-order valence-electron chi connectivity index (χ4n) is 11.6. The molecule has 0 radical (unpaired) electrons. The largest absolute Gasteiger partial charge is 0.309 e. The third kappa shape index (κ3) is 6.14. The molecule has 64 heavy (non-hydrogen) atoms. The van der Waals surface area contributed by atoms with Gasteiger partial charge in [0.1, 0.15) is 0 Å². The molecule has 0 aliphatic heterocycles. The van der Waals surface area contributed by atoms with Gasteiger partial charge in [0.05, 0.1) is 22.5 Å². The smallest absolute Gasteiger partial charge is 0.0713 e. The van der Waals surface area contributed by atoms with E-state index in [2.05, 4.69) is 235 Å². The van der Waals surface area contributed by atoms with Crippen LogP contribution in [0.4, 0.5) is 17.1 Å². The zero-order chi connectivity index (χ0) is 42.5. The van der Waals surface area contributed by atoms with Crippen LogP contribution < -0.4 is 4.90 Å². The Morgan fingerprint density at radius 2 is 0.891 bits per heavy atom. The first kappa shape index (κ1) is 38.2. The van der Waals surface area contributed by atoms with Crippen molar-refractivity contribution in [1.29, 1.82) is 0 Å². The van der Waals surface area contributed by atoms with Crippen LogP contribution in [0.15, 0.2) is 231 Å². The summed E-state index contributed by atoms with van der Waals surface area (Å²) in [7, 11) is 0. The van der Waals surface area contributed by atoms with Crippen LogP contribution in [0.1, 0.15) is 65.8 Å². The lowest BCUT2D eigenvalue weighted by Gasteiger charge is -2.34. The van der Waals surface area contributed by atoms with Gasteiger partial charge in [-0.3, -0.25) is 0 Å². The highest BCUT2D eigenvalue weighted by Crippen LogP contribution is 2.57. The fourth-order valence-corrected chi connectivity index (χ4v) is 11.6. The zero-order valence-electron chi connectivity index (χ0n) is 36.0. The average molecular weight is 820 g/mol. The van der Waals surface area contributed by atoms with E-state index in [9.17, 15) is 0 Å². The molecule has 1 heteroatoms. The van der Waals surface area contributed by atoms with E-state index < -0.39 is 5.41 Å². The number of fused-ring (bicyclic) bond motifs is 5. The summed E-state index contributed by atoms with van der Waals surface area (Å²) in [6, 6.07) is 86.3. The number of anilines is 3. The second-order valence-electron chi connectivity index (χ2n) is 17.7. The number of hydrogen-bond acceptors (Lipinski definition) is 1. The van der Waals surface area contributed by atoms with Crippen molar-refractivity contribution in [3.05, 3.63) is 258 Å². The van der Waals surface area contributed by atoms with Crippen LogP contribution >= 0.6 is 0 Å². The van der Waals surface area contributed by atoms with E-state index in [1.54, 1.807) is 0 Å². The maximum atomic E-state index is 2.55. The van der Waals surface area contributed by atoms with Crippen LogP contribution in [0.2, 0.25) is 0 Å². The maximum absolute atomic E-state index is 2.55. The standard InChI is InChI=1S/C63H49N/c1-4-21-45(22-5-1)52-35-18-25-46-26-19-36-56(62(46)52)55-34-14-17-39-61(55)64(60-40-20-24-44-23-10-11-31-50(44)60)59-38-16-13-32-51(59)47-41-42-54-53-33-12-15-37-57(53)63(58(54)43-47,48-27-6-2-7-28-48)49-29-8-3-9-30-49/h2-3,6-20,23-43,45H,1,4-5,21-22H2. The van der Waals surface area contributed by atoms with Crippen LogP contribution in [0, 0.1) is 0 Å². The molecule has 1 saturated carbocycles. The van der Waals surface area contributed by atoms with Crippen molar-refractivity contribution >= 4 is 38.6 Å². The van der Waals surface area contributed by atoms with Crippen molar-refractivity contribution in [3.63, 3.8) is 0 Å². The van der Waals surface area contributed by atoms with Gasteiger partial charge in [0, 0.05) is 16.5 Å². The molecule has 0 atom stereocenters. The maximum Gasteiger partial charge on any atom is 0.0713 e. The Hall–Kier alpha value is -7.48. The minimum atomic E-state index is -0.494. The van der Waals surface area contributed by atoms with Crippen molar-refractivity contribution in [1.82, 2.24) is 0 Å². The first-order valence-corrected chi connectivity index (χ1v) is 23.1. The Labute approximate surface area is 376 Å². The normalized spacial score (nSPS) is 14.3.